The highest BCUT2D eigenvalue weighted by Gasteiger charge is 2.15. The maximum atomic E-state index is 11.8. The first-order valence-corrected chi connectivity index (χ1v) is 6.24. The average molecular weight is 251 g/mol. The highest BCUT2D eigenvalue weighted by molar-refractivity contribution is 5.92. The van der Waals surface area contributed by atoms with Crippen molar-refractivity contribution < 1.29 is 14.6 Å². The molecule has 4 nitrogen and oxygen atoms in total. The summed E-state index contributed by atoms with van der Waals surface area (Å²) in [5, 5.41) is 11.9. The van der Waals surface area contributed by atoms with E-state index in [9.17, 15) is 4.79 Å². The van der Waals surface area contributed by atoms with Crippen molar-refractivity contribution in [3.63, 3.8) is 0 Å². The molecule has 2 N–H and O–H groups in total. The van der Waals surface area contributed by atoms with Crippen molar-refractivity contribution in [3.8, 4) is 5.75 Å². The molecule has 0 fully saturated rings. The van der Waals surface area contributed by atoms with E-state index < -0.39 is 0 Å². The Morgan fingerprint density at radius 2 is 2.17 bits per heavy atom. The van der Waals surface area contributed by atoms with Crippen LogP contribution in [0.3, 0.4) is 0 Å². The number of carbonyl (C=O) groups excluding carboxylic acids is 1. The summed E-state index contributed by atoms with van der Waals surface area (Å²) in [6.07, 6.45) is 1.46. The number of hydrogen-bond donors (Lipinski definition) is 2. The molecule has 1 aromatic carbocycles. The van der Waals surface area contributed by atoms with E-state index in [1.165, 1.54) is 0 Å². The molecule has 0 aliphatic rings. The Hall–Kier alpha value is -1.55. The molecule has 1 rings (SSSR count). The zero-order valence-corrected chi connectivity index (χ0v) is 11.2. The number of carbonyl (C=O) groups is 1. The van der Waals surface area contributed by atoms with Gasteiger partial charge in [0.1, 0.15) is 5.75 Å². The highest BCUT2D eigenvalue weighted by Crippen LogP contribution is 2.23. The second-order valence-corrected chi connectivity index (χ2v) is 4.16. The summed E-state index contributed by atoms with van der Waals surface area (Å²) < 4.78 is 5.23. The molecule has 18 heavy (non-hydrogen) atoms. The van der Waals surface area contributed by atoms with Gasteiger partial charge in [-0.05, 0) is 36.6 Å². The molecule has 1 aromatic rings. The summed E-state index contributed by atoms with van der Waals surface area (Å²) in [6, 6.07) is 5.55. The van der Waals surface area contributed by atoms with Crippen LogP contribution < -0.4 is 10.1 Å². The molecule has 0 aromatic heterocycles. The average Bonchev–Trinajstić information content (AvgIpc) is 2.40. The fourth-order valence-electron chi connectivity index (χ4n) is 1.77. The predicted octanol–water partition coefficient (Wildman–Crippen LogP) is 2.21. The van der Waals surface area contributed by atoms with Gasteiger partial charge < -0.3 is 15.2 Å². The Labute approximate surface area is 108 Å². The first-order chi connectivity index (χ1) is 8.65. The quantitative estimate of drug-likeness (QED) is 0.815. The highest BCUT2D eigenvalue weighted by atomic mass is 16.5. The molecular formula is C14H21NO3. The van der Waals surface area contributed by atoms with Crippen LogP contribution in [-0.2, 0) is 11.2 Å². The molecule has 4 heteroatoms. The van der Waals surface area contributed by atoms with Gasteiger partial charge in [0.05, 0.1) is 19.6 Å². The minimum Gasteiger partial charge on any atom is -0.496 e. The molecule has 1 unspecified atom stereocenters. The van der Waals surface area contributed by atoms with E-state index in [-0.39, 0.29) is 18.4 Å². The van der Waals surface area contributed by atoms with Gasteiger partial charge in [-0.3, -0.25) is 4.79 Å². The number of amides is 1. The first kappa shape index (κ1) is 14.5. The molecular weight excluding hydrogens is 230 g/mol. The Morgan fingerprint density at radius 1 is 1.44 bits per heavy atom. The molecule has 1 amide bonds. The number of aryl methyl sites for hydroxylation is 1. The van der Waals surface area contributed by atoms with Crippen LogP contribution in [0.25, 0.3) is 0 Å². The van der Waals surface area contributed by atoms with Gasteiger partial charge in [-0.25, -0.2) is 0 Å². The van der Waals surface area contributed by atoms with E-state index in [2.05, 4.69) is 5.32 Å². The monoisotopic (exact) mass is 251 g/mol. The summed E-state index contributed by atoms with van der Waals surface area (Å²) in [7, 11) is 1.63. The van der Waals surface area contributed by atoms with E-state index in [0.29, 0.717) is 6.42 Å². The number of methoxy groups -OCH3 is 1. The van der Waals surface area contributed by atoms with Crippen molar-refractivity contribution in [1.82, 2.24) is 0 Å². The van der Waals surface area contributed by atoms with Gasteiger partial charge in [0, 0.05) is 5.69 Å². The number of aliphatic hydroxyl groups excluding tert-OH is 1. The molecule has 0 saturated heterocycles. The number of rotatable bonds is 6. The topological polar surface area (TPSA) is 58.6 Å². The molecule has 0 radical (unpaired) electrons. The van der Waals surface area contributed by atoms with Gasteiger partial charge in [-0.15, -0.1) is 0 Å². The van der Waals surface area contributed by atoms with Crippen LogP contribution in [0.15, 0.2) is 18.2 Å². The standard InChI is InChI=1S/C14H21NO3/c1-4-10-8-12(6-7-13(10)18-3)15-14(17)11(5-2)9-16/h6-8,11,16H,4-5,9H2,1-3H3,(H,15,17). The number of ether oxygens (including phenoxy) is 1. The van der Waals surface area contributed by atoms with Crippen molar-refractivity contribution in [2.24, 2.45) is 5.92 Å². The maximum absolute atomic E-state index is 11.8. The number of hydrogen-bond acceptors (Lipinski definition) is 3. The summed E-state index contributed by atoms with van der Waals surface area (Å²) in [5.41, 5.74) is 1.79. The van der Waals surface area contributed by atoms with Crippen LogP contribution >= 0.6 is 0 Å². The smallest absolute Gasteiger partial charge is 0.229 e. The minimum atomic E-state index is -0.350. The number of anilines is 1. The fourth-order valence-corrected chi connectivity index (χ4v) is 1.77. The van der Waals surface area contributed by atoms with Crippen molar-refractivity contribution in [1.29, 1.82) is 0 Å². The van der Waals surface area contributed by atoms with Crippen LogP contribution in [-0.4, -0.2) is 24.7 Å². The summed E-state index contributed by atoms with van der Waals surface area (Å²) in [5.74, 6) is 0.328. The van der Waals surface area contributed by atoms with E-state index in [4.69, 9.17) is 9.84 Å². The van der Waals surface area contributed by atoms with E-state index in [1.807, 2.05) is 26.0 Å². The van der Waals surface area contributed by atoms with Crippen molar-refractivity contribution in [2.75, 3.05) is 19.0 Å². The van der Waals surface area contributed by atoms with Crippen LogP contribution in [0.5, 0.6) is 5.75 Å². The van der Waals surface area contributed by atoms with Crippen molar-refractivity contribution in [3.05, 3.63) is 23.8 Å². The summed E-state index contributed by atoms with van der Waals surface area (Å²) in [6.45, 7) is 3.79. The summed E-state index contributed by atoms with van der Waals surface area (Å²) >= 11 is 0. The van der Waals surface area contributed by atoms with Crippen molar-refractivity contribution in [2.45, 2.75) is 26.7 Å². The van der Waals surface area contributed by atoms with Crippen LogP contribution in [0.4, 0.5) is 5.69 Å². The van der Waals surface area contributed by atoms with Crippen molar-refractivity contribution >= 4 is 11.6 Å². The molecule has 0 aliphatic heterocycles. The third-order valence-corrected chi connectivity index (χ3v) is 3.01. The van der Waals surface area contributed by atoms with Gasteiger partial charge in [0.15, 0.2) is 0 Å². The largest absolute Gasteiger partial charge is 0.496 e. The molecule has 100 valence electrons. The molecule has 0 saturated carbocycles. The Kier molecular flexibility index (Phi) is 5.65. The molecule has 0 heterocycles. The van der Waals surface area contributed by atoms with E-state index in [1.54, 1.807) is 13.2 Å². The van der Waals surface area contributed by atoms with Gasteiger partial charge in [-0.2, -0.15) is 0 Å². The van der Waals surface area contributed by atoms with Crippen LogP contribution in [0.1, 0.15) is 25.8 Å². The van der Waals surface area contributed by atoms with Crippen LogP contribution in [0, 0.1) is 5.92 Å². The lowest BCUT2D eigenvalue weighted by Gasteiger charge is -2.14. The van der Waals surface area contributed by atoms with Gasteiger partial charge >= 0.3 is 0 Å². The molecule has 0 bridgehead atoms. The lowest BCUT2D eigenvalue weighted by atomic mass is 10.1. The Bertz CT molecular complexity index is 400. The third kappa shape index (κ3) is 3.47. The lowest BCUT2D eigenvalue weighted by Crippen LogP contribution is -2.25. The number of aliphatic hydroxyl groups is 1. The Balaban J connectivity index is 2.82. The fraction of sp³-hybridized carbons (Fsp3) is 0.500. The normalized spacial score (nSPS) is 12.0. The molecule has 1 atom stereocenters. The first-order valence-electron chi connectivity index (χ1n) is 6.24. The zero-order valence-electron chi connectivity index (χ0n) is 11.2. The molecule has 0 spiro atoms. The van der Waals surface area contributed by atoms with Gasteiger partial charge in [0.2, 0.25) is 5.91 Å². The Morgan fingerprint density at radius 3 is 2.67 bits per heavy atom. The van der Waals surface area contributed by atoms with E-state index in [0.717, 1.165) is 23.4 Å². The molecule has 0 aliphatic carbocycles. The van der Waals surface area contributed by atoms with Gasteiger partial charge in [0.25, 0.3) is 0 Å². The van der Waals surface area contributed by atoms with Crippen LogP contribution in [0.2, 0.25) is 0 Å². The van der Waals surface area contributed by atoms with E-state index >= 15 is 0 Å². The second-order valence-electron chi connectivity index (χ2n) is 4.16. The van der Waals surface area contributed by atoms with Gasteiger partial charge in [-0.1, -0.05) is 13.8 Å². The SMILES string of the molecule is CCc1cc(NC(=O)C(CC)CO)ccc1OC. The number of benzene rings is 1. The number of nitrogens with one attached hydrogen (secondary N) is 1. The third-order valence-electron chi connectivity index (χ3n) is 3.01. The predicted molar refractivity (Wildman–Crippen MR) is 71.9 cm³/mol. The minimum absolute atomic E-state index is 0.126. The zero-order chi connectivity index (χ0) is 13.5. The summed E-state index contributed by atoms with van der Waals surface area (Å²) in [4.78, 5) is 11.8. The maximum Gasteiger partial charge on any atom is 0.229 e. The second kappa shape index (κ2) is 7.01. The lowest BCUT2D eigenvalue weighted by molar-refractivity contribution is -0.121.